The minimum atomic E-state index is -0.0675. The van der Waals surface area contributed by atoms with Crippen molar-refractivity contribution in [2.75, 3.05) is 26.2 Å². The SMILES string of the molecule is CC(C)[C@H]1CNCCN1C(=O)Cc1cn2c(C(=O)NC[C@@H]3CC[C@@H]4C[C@@H]3C4(C)C)cccc2n1. The Morgan fingerprint density at radius 2 is 2.09 bits per heavy atom. The van der Waals surface area contributed by atoms with Crippen LogP contribution >= 0.6 is 0 Å². The van der Waals surface area contributed by atoms with Crippen LogP contribution in [0.4, 0.5) is 0 Å². The highest BCUT2D eigenvalue weighted by atomic mass is 16.2. The van der Waals surface area contributed by atoms with Crippen LogP contribution in [0.2, 0.25) is 0 Å². The Hall–Kier alpha value is -2.41. The summed E-state index contributed by atoms with van der Waals surface area (Å²) in [5.74, 6) is 2.58. The van der Waals surface area contributed by atoms with Gasteiger partial charge in [0, 0.05) is 38.4 Å². The van der Waals surface area contributed by atoms with Gasteiger partial charge in [-0.3, -0.25) is 14.0 Å². The number of rotatable bonds is 6. The van der Waals surface area contributed by atoms with Crippen LogP contribution in [0.15, 0.2) is 24.4 Å². The topological polar surface area (TPSA) is 78.7 Å². The number of nitrogens with zero attached hydrogens (tertiary/aromatic N) is 3. The summed E-state index contributed by atoms with van der Waals surface area (Å²) in [4.78, 5) is 32.9. The predicted octanol–water partition coefficient (Wildman–Crippen LogP) is 3.14. The molecule has 4 fully saturated rings. The summed E-state index contributed by atoms with van der Waals surface area (Å²) in [6.45, 7) is 12.2. The summed E-state index contributed by atoms with van der Waals surface area (Å²) < 4.78 is 1.83. The molecule has 0 aromatic carbocycles. The van der Waals surface area contributed by atoms with Crippen LogP contribution in [0.25, 0.3) is 5.65 Å². The van der Waals surface area contributed by atoms with Crippen molar-refractivity contribution in [3.05, 3.63) is 35.8 Å². The lowest BCUT2D eigenvalue weighted by atomic mass is 9.45. The van der Waals surface area contributed by atoms with Crippen molar-refractivity contribution in [1.82, 2.24) is 24.9 Å². The molecule has 2 aromatic rings. The predicted molar refractivity (Wildman–Crippen MR) is 133 cm³/mol. The minimum absolute atomic E-state index is 0.0675. The van der Waals surface area contributed by atoms with Gasteiger partial charge < -0.3 is 15.5 Å². The van der Waals surface area contributed by atoms with Gasteiger partial charge in [-0.1, -0.05) is 33.8 Å². The molecule has 1 aliphatic heterocycles. The molecule has 6 rings (SSSR count). The third-order valence-corrected chi connectivity index (χ3v) is 9.01. The van der Waals surface area contributed by atoms with Gasteiger partial charge in [0.25, 0.3) is 5.91 Å². The van der Waals surface area contributed by atoms with Crippen LogP contribution in [-0.2, 0) is 11.2 Å². The number of amides is 2. The maximum absolute atomic E-state index is 13.1. The van der Waals surface area contributed by atoms with E-state index in [0.717, 1.165) is 32.1 Å². The van der Waals surface area contributed by atoms with Gasteiger partial charge in [0.2, 0.25) is 5.91 Å². The Kier molecular flexibility index (Phi) is 6.17. The number of carbonyl (C=O) groups is 2. The molecule has 3 saturated carbocycles. The zero-order chi connectivity index (χ0) is 24.0. The normalized spacial score (nSPS) is 28.1. The lowest BCUT2D eigenvalue weighted by molar-refractivity contribution is -0.134. The average molecular weight is 466 g/mol. The number of hydrogen-bond acceptors (Lipinski definition) is 4. The van der Waals surface area contributed by atoms with Gasteiger partial charge in [0.05, 0.1) is 12.1 Å². The lowest BCUT2D eigenvalue weighted by Crippen LogP contribution is -2.56. The number of piperazine rings is 1. The quantitative estimate of drug-likeness (QED) is 0.687. The fourth-order valence-electron chi connectivity index (χ4n) is 6.74. The Balaban J connectivity index is 1.27. The molecule has 2 bridgehead atoms. The number of aromatic nitrogens is 2. The maximum atomic E-state index is 13.1. The summed E-state index contributed by atoms with van der Waals surface area (Å²) >= 11 is 0. The minimum Gasteiger partial charge on any atom is -0.350 e. The number of imidazole rings is 1. The molecular weight excluding hydrogens is 426 g/mol. The van der Waals surface area contributed by atoms with Crippen LogP contribution in [0, 0.1) is 29.1 Å². The summed E-state index contributed by atoms with van der Waals surface area (Å²) in [6.07, 6.45) is 5.92. The highest BCUT2D eigenvalue weighted by Gasteiger charge is 2.53. The second-order valence-electron chi connectivity index (χ2n) is 11.6. The van der Waals surface area contributed by atoms with E-state index in [-0.39, 0.29) is 24.3 Å². The van der Waals surface area contributed by atoms with Crippen LogP contribution in [0.3, 0.4) is 0 Å². The molecule has 0 spiro atoms. The Labute approximate surface area is 202 Å². The number of carbonyl (C=O) groups excluding carboxylic acids is 2. The first-order valence-corrected chi connectivity index (χ1v) is 13.0. The van der Waals surface area contributed by atoms with Crippen LogP contribution in [0.5, 0.6) is 0 Å². The van der Waals surface area contributed by atoms with Crippen molar-refractivity contribution in [1.29, 1.82) is 0 Å². The third-order valence-electron chi connectivity index (χ3n) is 9.01. The lowest BCUT2D eigenvalue weighted by Gasteiger charge is -2.60. The molecule has 7 nitrogen and oxygen atoms in total. The zero-order valence-electron chi connectivity index (χ0n) is 21.0. The van der Waals surface area contributed by atoms with Gasteiger partial charge in [-0.15, -0.1) is 0 Å². The molecule has 0 radical (unpaired) electrons. The van der Waals surface area contributed by atoms with Crippen molar-refractivity contribution in [3.8, 4) is 0 Å². The van der Waals surface area contributed by atoms with Crippen molar-refractivity contribution in [2.45, 2.75) is 59.4 Å². The van der Waals surface area contributed by atoms with E-state index in [9.17, 15) is 9.59 Å². The van der Waals surface area contributed by atoms with Gasteiger partial charge in [0.1, 0.15) is 11.3 Å². The average Bonchev–Trinajstić information content (AvgIpc) is 3.24. The molecule has 2 N–H and O–H groups in total. The van der Waals surface area contributed by atoms with Gasteiger partial charge in [-0.05, 0) is 60.5 Å². The first-order valence-electron chi connectivity index (χ1n) is 13.0. The Morgan fingerprint density at radius 3 is 2.82 bits per heavy atom. The van der Waals surface area contributed by atoms with E-state index in [2.05, 4.69) is 43.3 Å². The van der Waals surface area contributed by atoms with E-state index < -0.39 is 0 Å². The smallest absolute Gasteiger partial charge is 0.268 e. The summed E-state index contributed by atoms with van der Waals surface area (Å²) in [7, 11) is 0. The molecule has 4 aliphatic rings. The summed E-state index contributed by atoms with van der Waals surface area (Å²) in [5.41, 5.74) is 2.41. The van der Waals surface area contributed by atoms with Gasteiger partial charge >= 0.3 is 0 Å². The van der Waals surface area contributed by atoms with Gasteiger partial charge in [-0.2, -0.15) is 0 Å². The molecule has 3 heterocycles. The molecule has 2 amide bonds. The molecular formula is C27H39N5O2. The number of hydrogen-bond donors (Lipinski definition) is 2. The Bertz CT molecular complexity index is 1070. The van der Waals surface area contributed by atoms with Crippen molar-refractivity contribution in [3.63, 3.8) is 0 Å². The fourth-order valence-corrected chi connectivity index (χ4v) is 6.74. The van der Waals surface area contributed by atoms with E-state index in [4.69, 9.17) is 0 Å². The third kappa shape index (κ3) is 4.12. The van der Waals surface area contributed by atoms with Gasteiger partial charge in [-0.25, -0.2) is 4.98 Å². The highest BCUT2D eigenvalue weighted by Crippen LogP contribution is 2.61. The molecule has 7 heteroatoms. The number of pyridine rings is 1. The first kappa shape index (κ1) is 23.3. The maximum Gasteiger partial charge on any atom is 0.268 e. The van der Waals surface area contributed by atoms with Crippen LogP contribution < -0.4 is 10.6 Å². The van der Waals surface area contributed by atoms with E-state index in [0.29, 0.717) is 40.2 Å². The molecule has 4 atom stereocenters. The van der Waals surface area contributed by atoms with Crippen LogP contribution in [0.1, 0.15) is 63.1 Å². The van der Waals surface area contributed by atoms with Crippen molar-refractivity contribution in [2.24, 2.45) is 29.1 Å². The van der Waals surface area contributed by atoms with Gasteiger partial charge in [0.15, 0.2) is 0 Å². The zero-order valence-corrected chi connectivity index (χ0v) is 21.0. The van der Waals surface area contributed by atoms with Crippen molar-refractivity contribution >= 4 is 17.5 Å². The number of nitrogens with one attached hydrogen (secondary N) is 2. The molecule has 1 saturated heterocycles. The van der Waals surface area contributed by atoms with E-state index in [1.807, 2.05) is 33.7 Å². The fraction of sp³-hybridized carbons (Fsp3) is 0.667. The van der Waals surface area contributed by atoms with Crippen LogP contribution in [-0.4, -0.2) is 58.3 Å². The van der Waals surface area contributed by atoms with Crippen molar-refractivity contribution < 1.29 is 9.59 Å². The molecule has 34 heavy (non-hydrogen) atoms. The largest absolute Gasteiger partial charge is 0.350 e. The Morgan fingerprint density at radius 1 is 1.26 bits per heavy atom. The summed E-state index contributed by atoms with van der Waals surface area (Å²) in [5, 5.41) is 6.60. The highest BCUT2D eigenvalue weighted by molar-refractivity contribution is 5.93. The molecule has 184 valence electrons. The molecule has 0 unspecified atom stereocenters. The molecule has 3 aliphatic carbocycles. The van der Waals surface area contributed by atoms with E-state index >= 15 is 0 Å². The summed E-state index contributed by atoms with van der Waals surface area (Å²) in [6, 6.07) is 5.80. The first-order chi connectivity index (χ1) is 16.3. The second kappa shape index (κ2) is 8.99. The monoisotopic (exact) mass is 465 g/mol. The van der Waals surface area contributed by atoms with E-state index in [1.165, 1.54) is 19.3 Å². The second-order valence-corrected chi connectivity index (χ2v) is 11.6. The number of fused-ring (bicyclic) bond motifs is 3. The molecule has 2 aromatic heterocycles. The van der Waals surface area contributed by atoms with E-state index in [1.54, 1.807) is 0 Å². The standard InChI is InChI=1S/C27H39N5O2/c1-17(2)23-15-28-10-11-31(23)25(33)13-20-16-32-22(6-5-7-24(32)30-20)26(34)29-14-18-8-9-19-12-21(18)27(19,3)4/h5-7,16-19,21,23,28H,8-15H2,1-4H3,(H,29,34)/t18-,19+,21-,23+/m0/s1.